The molecule has 0 bridgehead atoms. The van der Waals surface area contributed by atoms with E-state index in [4.69, 9.17) is 0 Å². The minimum atomic E-state index is -0.601. The lowest BCUT2D eigenvalue weighted by Gasteiger charge is -2.02. The van der Waals surface area contributed by atoms with Crippen LogP contribution >= 0.6 is 0 Å². The predicted molar refractivity (Wildman–Crippen MR) is 75.7 cm³/mol. The van der Waals surface area contributed by atoms with Gasteiger partial charge in [0.2, 0.25) is 0 Å². The summed E-state index contributed by atoms with van der Waals surface area (Å²) in [6.07, 6.45) is 1.31. The molecule has 8 heteroatoms. The van der Waals surface area contributed by atoms with Crippen molar-refractivity contribution in [1.82, 2.24) is 0 Å². The Hall–Kier alpha value is -3.29. The summed E-state index contributed by atoms with van der Waals surface area (Å²) in [6, 6.07) is 8.07. The van der Waals surface area contributed by atoms with E-state index in [1.54, 1.807) is 0 Å². The number of phenols is 3. The molecule has 4 N–H and O–H groups in total. The van der Waals surface area contributed by atoms with Gasteiger partial charge in [0.25, 0.3) is 5.69 Å². The molecule has 0 heterocycles. The average molecular weight is 289 g/mol. The summed E-state index contributed by atoms with van der Waals surface area (Å²) in [5.74, 6) is -1.53. The van der Waals surface area contributed by atoms with Crippen molar-refractivity contribution in [3.63, 3.8) is 0 Å². The van der Waals surface area contributed by atoms with E-state index in [0.29, 0.717) is 11.3 Å². The van der Waals surface area contributed by atoms with Crippen molar-refractivity contribution in [2.75, 3.05) is 5.43 Å². The summed E-state index contributed by atoms with van der Waals surface area (Å²) in [7, 11) is 0. The molecule has 0 aliphatic carbocycles. The van der Waals surface area contributed by atoms with Crippen LogP contribution in [0.15, 0.2) is 41.5 Å². The molecule has 0 spiro atoms. The number of phenolic OH excluding ortho intramolecular Hbond substituents is 3. The zero-order valence-electron chi connectivity index (χ0n) is 10.6. The van der Waals surface area contributed by atoms with Gasteiger partial charge in [-0.15, -0.1) is 0 Å². The highest BCUT2D eigenvalue weighted by molar-refractivity contribution is 5.82. The first-order valence-corrected chi connectivity index (χ1v) is 5.76. The number of hydrogen-bond acceptors (Lipinski definition) is 7. The lowest BCUT2D eigenvalue weighted by molar-refractivity contribution is -0.384. The van der Waals surface area contributed by atoms with Crippen LogP contribution in [-0.2, 0) is 0 Å². The second-order valence-corrected chi connectivity index (χ2v) is 4.08. The molecule has 0 radical (unpaired) electrons. The second-order valence-electron chi connectivity index (χ2n) is 4.08. The van der Waals surface area contributed by atoms with Crippen LogP contribution in [-0.4, -0.2) is 26.5 Å². The van der Waals surface area contributed by atoms with Crippen molar-refractivity contribution in [1.29, 1.82) is 0 Å². The van der Waals surface area contributed by atoms with Crippen LogP contribution in [0.2, 0.25) is 0 Å². The predicted octanol–water partition coefficient (Wildman–Crippen LogP) is 2.16. The SMILES string of the molecule is O=[N+]([O-])c1ccc(N/N=C/c2cc(O)c(O)c(O)c2)cc1. The first-order valence-electron chi connectivity index (χ1n) is 5.76. The number of hydrazone groups is 1. The molecule has 2 aromatic carbocycles. The van der Waals surface area contributed by atoms with Gasteiger partial charge >= 0.3 is 0 Å². The van der Waals surface area contributed by atoms with Gasteiger partial charge in [0.15, 0.2) is 17.2 Å². The molecule has 0 aliphatic heterocycles. The topological polar surface area (TPSA) is 128 Å². The number of rotatable bonds is 4. The third-order valence-corrected chi connectivity index (χ3v) is 2.58. The molecule has 2 rings (SSSR count). The molecule has 0 aliphatic rings. The van der Waals surface area contributed by atoms with Gasteiger partial charge in [-0.3, -0.25) is 15.5 Å². The number of non-ortho nitro benzene ring substituents is 1. The zero-order valence-corrected chi connectivity index (χ0v) is 10.6. The largest absolute Gasteiger partial charge is 0.504 e. The molecule has 0 atom stereocenters. The normalized spacial score (nSPS) is 10.7. The Morgan fingerprint density at radius 3 is 2.19 bits per heavy atom. The molecule has 0 fully saturated rings. The van der Waals surface area contributed by atoms with Crippen LogP contribution in [0.25, 0.3) is 0 Å². The number of hydrogen-bond donors (Lipinski definition) is 4. The number of nitrogens with one attached hydrogen (secondary N) is 1. The van der Waals surface area contributed by atoms with E-state index in [1.807, 2.05) is 0 Å². The Kier molecular flexibility index (Phi) is 3.89. The van der Waals surface area contributed by atoms with Crippen LogP contribution in [0, 0.1) is 10.1 Å². The number of nitro benzene ring substituents is 1. The van der Waals surface area contributed by atoms with E-state index in [0.717, 1.165) is 0 Å². The van der Waals surface area contributed by atoms with Crippen molar-refractivity contribution >= 4 is 17.6 Å². The molecule has 0 amide bonds. The van der Waals surface area contributed by atoms with Crippen molar-refractivity contribution in [2.45, 2.75) is 0 Å². The van der Waals surface area contributed by atoms with Crippen LogP contribution in [0.3, 0.4) is 0 Å². The highest BCUT2D eigenvalue weighted by Gasteiger charge is 2.06. The summed E-state index contributed by atoms with van der Waals surface area (Å²) in [5, 5.41) is 42.2. The summed E-state index contributed by atoms with van der Waals surface area (Å²) in [4.78, 5) is 9.99. The van der Waals surface area contributed by atoms with Crippen molar-refractivity contribution in [2.24, 2.45) is 5.10 Å². The molecule has 0 saturated heterocycles. The quantitative estimate of drug-likeness (QED) is 0.295. The van der Waals surface area contributed by atoms with Crippen molar-refractivity contribution in [3.05, 3.63) is 52.1 Å². The summed E-state index contributed by atoms with van der Waals surface area (Å²) in [6.45, 7) is 0. The van der Waals surface area contributed by atoms with Crippen molar-refractivity contribution in [3.8, 4) is 17.2 Å². The lowest BCUT2D eigenvalue weighted by atomic mass is 10.2. The lowest BCUT2D eigenvalue weighted by Crippen LogP contribution is -1.92. The highest BCUT2D eigenvalue weighted by Crippen LogP contribution is 2.34. The van der Waals surface area contributed by atoms with E-state index in [-0.39, 0.29) is 5.69 Å². The molecular weight excluding hydrogens is 278 g/mol. The number of nitro groups is 1. The third-order valence-electron chi connectivity index (χ3n) is 2.58. The third kappa shape index (κ3) is 3.38. The van der Waals surface area contributed by atoms with E-state index in [2.05, 4.69) is 10.5 Å². The summed E-state index contributed by atoms with van der Waals surface area (Å²) < 4.78 is 0. The van der Waals surface area contributed by atoms with Crippen LogP contribution < -0.4 is 5.43 Å². The van der Waals surface area contributed by atoms with E-state index < -0.39 is 22.2 Å². The van der Waals surface area contributed by atoms with Crippen molar-refractivity contribution < 1.29 is 20.2 Å². The van der Waals surface area contributed by atoms with E-state index >= 15 is 0 Å². The van der Waals surface area contributed by atoms with Crippen LogP contribution in [0.5, 0.6) is 17.2 Å². The molecule has 108 valence electrons. The number of aromatic hydroxyl groups is 3. The van der Waals surface area contributed by atoms with Gasteiger partial charge in [0, 0.05) is 17.7 Å². The van der Waals surface area contributed by atoms with E-state index in [9.17, 15) is 25.4 Å². The Balaban J connectivity index is 2.07. The molecule has 8 nitrogen and oxygen atoms in total. The first-order chi connectivity index (χ1) is 9.97. The monoisotopic (exact) mass is 289 g/mol. The van der Waals surface area contributed by atoms with Crippen LogP contribution in [0.1, 0.15) is 5.56 Å². The Morgan fingerprint density at radius 2 is 1.67 bits per heavy atom. The maximum atomic E-state index is 10.5. The second kappa shape index (κ2) is 5.78. The smallest absolute Gasteiger partial charge is 0.269 e. The highest BCUT2D eigenvalue weighted by atomic mass is 16.6. The fourth-order valence-electron chi connectivity index (χ4n) is 1.54. The maximum absolute atomic E-state index is 10.5. The molecule has 21 heavy (non-hydrogen) atoms. The van der Waals surface area contributed by atoms with Gasteiger partial charge in [0.05, 0.1) is 16.8 Å². The Morgan fingerprint density at radius 1 is 1.10 bits per heavy atom. The molecule has 2 aromatic rings. The molecule has 0 unspecified atom stereocenters. The van der Waals surface area contributed by atoms with Crippen LogP contribution in [0.4, 0.5) is 11.4 Å². The number of benzene rings is 2. The first kappa shape index (κ1) is 14.1. The number of nitrogens with zero attached hydrogens (tertiary/aromatic N) is 2. The van der Waals surface area contributed by atoms with Gasteiger partial charge < -0.3 is 15.3 Å². The minimum Gasteiger partial charge on any atom is -0.504 e. The fraction of sp³-hybridized carbons (Fsp3) is 0. The summed E-state index contributed by atoms with van der Waals surface area (Å²) >= 11 is 0. The maximum Gasteiger partial charge on any atom is 0.269 e. The van der Waals surface area contributed by atoms with Gasteiger partial charge in [-0.25, -0.2) is 0 Å². The van der Waals surface area contributed by atoms with Gasteiger partial charge in [-0.1, -0.05) is 0 Å². The Bertz CT molecular complexity index is 674. The zero-order chi connectivity index (χ0) is 15.4. The average Bonchev–Trinajstić information content (AvgIpc) is 2.45. The molecular formula is C13H11N3O5. The molecule has 0 aromatic heterocycles. The fourth-order valence-corrected chi connectivity index (χ4v) is 1.54. The van der Waals surface area contributed by atoms with Gasteiger partial charge in [-0.2, -0.15) is 5.10 Å². The van der Waals surface area contributed by atoms with E-state index in [1.165, 1.54) is 42.6 Å². The van der Waals surface area contributed by atoms with Gasteiger partial charge in [0.1, 0.15) is 0 Å². The standard InChI is InChI=1S/C13H11N3O5/c17-11-5-8(6-12(18)13(11)19)7-14-15-9-1-3-10(4-2-9)16(20)21/h1-7,15,17-19H/b14-7+. The minimum absolute atomic E-state index is 0.0297. The summed E-state index contributed by atoms with van der Waals surface area (Å²) in [5.41, 5.74) is 3.49. The molecule has 0 saturated carbocycles. The number of anilines is 1. The Labute approximate surface area is 118 Å². The van der Waals surface area contributed by atoms with Gasteiger partial charge in [-0.05, 0) is 24.3 Å².